The van der Waals surface area contributed by atoms with Gasteiger partial charge in [0.25, 0.3) is 5.91 Å². The number of carbonyl (C=O) groups excluding carboxylic acids is 4. The van der Waals surface area contributed by atoms with Crippen molar-refractivity contribution >= 4 is 23.8 Å². The van der Waals surface area contributed by atoms with Gasteiger partial charge in [-0.25, -0.2) is 9.78 Å². The van der Waals surface area contributed by atoms with Crippen LogP contribution in [-0.4, -0.2) is 73.7 Å². The Morgan fingerprint density at radius 2 is 1.85 bits per heavy atom. The summed E-state index contributed by atoms with van der Waals surface area (Å²) in [6, 6.07) is 0.481. The van der Waals surface area contributed by atoms with E-state index in [-0.39, 0.29) is 41.4 Å². The molecule has 4 unspecified atom stereocenters. The van der Waals surface area contributed by atoms with Crippen molar-refractivity contribution in [3.05, 3.63) is 18.0 Å². The van der Waals surface area contributed by atoms with Gasteiger partial charge in [0.2, 0.25) is 6.79 Å². The van der Waals surface area contributed by atoms with Gasteiger partial charge in [-0.2, -0.15) is 0 Å². The summed E-state index contributed by atoms with van der Waals surface area (Å²) < 4.78 is 33.4. The second kappa shape index (κ2) is 15.6. The molecule has 1 N–H and O–H groups in total. The first-order valence-corrected chi connectivity index (χ1v) is 14.2. The number of pyridine rings is 1. The monoisotopic (exact) mass is 578 g/mol. The molecule has 0 aromatic carbocycles. The maximum Gasteiger partial charge on any atom is 0.329 e. The molecule has 1 saturated heterocycles. The van der Waals surface area contributed by atoms with Gasteiger partial charge in [0.15, 0.2) is 23.3 Å². The standard InChI is InChI=1S/C29H42N2O10/c1-17(2)15-37-23-12-8-11-21(29(35)40-18(3)25(23)41-28(34)20-9-6-7-10-20)31-27(33)24-26(39-16-38-19(4)32)22(36-5)13-14-30-24/h13-14,17-18,20-21,23,25H,6-12,15-16H2,1-5H3,(H,31,33). The third-order valence-corrected chi connectivity index (χ3v) is 7.06. The molecule has 1 aromatic heterocycles. The molecule has 0 spiro atoms. The summed E-state index contributed by atoms with van der Waals surface area (Å²) in [5.41, 5.74) is -0.154. The SMILES string of the molecule is COc1ccnc(C(=O)NC2CCCC(OCC(C)C)C(OC(=O)C3CCCC3)C(C)OC2=O)c1OCOC(C)=O. The van der Waals surface area contributed by atoms with Crippen molar-refractivity contribution in [3.63, 3.8) is 0 Å². The number of methoxy groups -OCH3 is 1. The quantitative estimate of drug-likeness (QED) is 0.234. The van der Waals surface area contributed by atoms with E-state index in [1.165, 1.54) is 26.3 Å². The van der Waals surface area contributed by atoms with Crippen LogP contribution in [-0.2, 0) is 33.3 Å². The Morgan fingerprint density at radius 3 is 2.51 bits per heavy atom. The lowest BCUT2D eigenvalue weighted by molar-refractivity contribution is -0.183. The predicted octanol–water partition coefficient (Wildman–Crippen LogP) is 3.35. The molecule has 12 nitrogen and oxygen atoms in total. The van der Waals surface area contributed by atoms with E-state index in [1.54, 1.807) is 6.92 Å². The highest BCUT2D eigenvalue weighted by Crippen LogP contribution is 2.31. The van der Waals surface area contributed by atoms with Crippen LogP contribution < -0.4 is 14.8 Å². The maximum atomic E-state index is 13.3. The fraction of sp³-hybridized carbons (Fsp3) is 0.690. The molecule has 0 radical (unpaired) electrons. The van der Waals surface area contributed by atoms with Gasteiger partial charge in [0.05, 0.1) is 19.1 Å². The average Bonchev–Trinajstić information content (AvgIpc) is 3.48. The van der Waals surface area contributed by atoms with Gasteiger partial charge in [-0.05, 0) is 44.9 Å². The van der Waals surface area contributed by atoms with Gasteiger partial charge in [0, 0.05) is 25.8 Å². The van der Waals surface area contributed by atoms with Crippen LogP contribution in [0.25, 0.3) is 0 Å². The molecular formula is C29H42N2O10. The van der Waals surface area contributed by atoms with E-state index in [2.05, 4.69) is 10.3 Å². The lowest BCUT2D eigenvalue weighted by Gasteiger charge is -2.32. The molecule has 2 aliphatic rings. The summed E-state index contributed by atoms with van der Waals surface area (Å²) >= 11 is 0. The van der Waals surface area contributed by atoms with Crippen LogP contribution >= 0.6 is 0 Å². The van der Waals surface area contributed by atoms with Crippen LogP contribution in [0.15, 0.2) is 12.3 Å². The number of ether oxygens (including phenoxy) is 6. The second-order valence-electron chi connectivity index (χ2n) is 10.8. The predicted molar refractivity (Wildman–Crippen MR) is 145 cm³/mol. The largest absolute Gasteiger partial charge is 0.493 e. The number of carbonyl (C=O) groups is 4. The Bertz CT molecular complexity index is 1060. The Balaban J connectivity index is 1.77. The number of hydrogen-bond acceptors (Lipinski definition) is 11. The van der Waals surface area contributed by atoms with Gasteiger partial charge in [0.1, 0.15) is 12.1 Å². The summed E-state index contributed by atoms with van der Waals surface area (Å²) in [4.78, 5) is 54.7. The molecule has 12 heteroatoms. The van der Waals surface area contributed by atoms with Crippen molar-refractivity contribution in [3.8, 4) is 11.5 Å². The summed E-state index contributed by atoms with van der Waals surface area (Å²) in [5, 5.41) is 2.69. The van der Waals surface area contributed by atoms with E-state index in [4.69, 9.17) is 28.4 Å². The zero-order valence-corrected chi connectivity index (χ0v) is 24.5. The third kappa shape index (κ3) is 9.31. The first-order chi connectivity index (χ1) is 19.6. The fourth-order valence-corrected chi connectivity index (χ4v) is 4.92. The summed E-state index contributed by atoms with van der Waals surface area (Å²) in [6.45, 7) is 6.95. The molecule has 1 aliphatic heterocycles. The number of rotatable bonds is 11. The van der Waals surface area contributed by atoms with E-state index in [0.29, 0.717) is 19.4 Å². The summed E-state index contributed by atoms with van der Waals surface area (Å²) in [5.74, 6) is -1.97. The number of nitrogens with zero attached hydrogens (tertiary/aromatic N) is 1. The van der Waals surface area contributed by atoms with Gasteiger partial charge < -0.3 is 33.7 Å². The van der Waals surface area contributed by atoms with Gasteiger partial charge in [-0.15, -0.1) is 0 Å². The summed E-state index contributed by atoms with van der Waals surface area (Å²) in [7, 11) is 1.39. The lowest BCUT2D eigenvalue weighted by Crippen LogP contribution is -2.46. The molecule has 1 saturated carbocycles. The first-order valence-electron chi connectivity index (χ1n) is 14.2. The molecule has 41 heavy (non-hydrogen) atoms. The normalized spacial score (nSPS) is 23.5. The lowest BCUT2D eigenvalue weighted by atomic mass is 10.0. The van der Waals surface area contributed by atoms with Crippen LogP contribution in [0, 0.1) is 11.8 Å². The number of aromatic nitrogens is 1. The van der Waals surface area contributed by atoms with Gasteiger partial charge in [-0.3, -0.25) is 14.4 Å². The van der Waals surface area contributed by atoms with Crippen molar-refractivity contribution in [2.24, 2.45) is 11.8 Å². The van der Waals surface area contributed by atoms with E-state index in [1.807, 2.05) is 13.8 Å². The Kier molecular flexibility index (Phi) is 12.2. The highest BCUT2D eigenvalue weighted by atomic mass is 16.7. The number of cyclic esters (lactones) is 1. The van der Waals surface area contributed by atoms with Crippen LogP contribution in [0.3, 0.4) is 0 Å². The molecular weight excluding hydrogens is 536 g/mol. The van der Waals surface area contributed by atoms with Crippen molar-refractivity contribution < 1.29 is 47.6 Å². The minimum Gasteiger partial charge on any atom is -0.493 e. The maximum absolute atomic E-state index is 13.3. The summed E-state index contributed by atoms with van der Waals surface area (Å²) in [6.07, 6.45) is 4.11. The molecule has 4 atom stereocenters. The van der Waals surface area contributed by atoms with E-state index >= 15 is 0 Å². The Morgan fingerprint density at radius 1 is 1.12 bits per heavy atom. The molecule has 228 valence electrons. The van der Waals surface area contributed by atoms with Crippen molar-refractivity contribution in [1.82, 2.24) is 10.3 Å². The zero-order valence-electron chi connectivity index (χ0n) is 24.5. The second-order valence-corrected chi connectivity index (χ2v) is 10.8. The van der Waals surface area contributed by atoms with Crippen LogP contribution in [0.2, 0.25) is 0 Å². The third-order valence-electron chi connectivity index (χ3n) is 7.06. The highest BCUT2D eigenvalue weighted by Gasteiger charge is 2.39. The van der Waals surface area contributed by atoms with Crippen molar-refractivity contribution in [2.75, 3.05) is 20.5 Å². The molecule has 1 aliphatic carbocycles. The Hall–Kier alpha value is -3.41. The smallest absolute Gasteiger partial charge is 0.329 e. The van der Waals surface area contributed by atoms with Crippen LogP contribution in [0.1, 0.15) is 83.1 Å². The van der Waals surface area contributed by atoms with Crippen LogP contribution in [0.5, 0.6) is 11.5 Å². The first kappa shape index (κ1) is 32.1. The zero-order chi connectivity index (χ0) is 29.9. The Labute approximate surface area is 240 Å². The fourth-order valence-electron chi connectivity index (χ4n) is 4.92. The topological polar surface area (TPSA) is 149 Å². The molecule has 2 fully saturated rings. The molecule has 1 amide bonds. The number of amides is 1. The molecule has 2 heterocycles. The number of hydrogen-bond donors (Lipinski definition) is 1. The highest BCUT2D eigenvalue weighted by molar-refractivity contribution is 5.98. The minimum absolute atomic E-state index is 0.0420. The minimum atomic E-state index is -1.01. The number of esters is 3. The number of nitrogens with one attached hydrogen (secondary N) is 1. The van der Waals surface area contributed by atoms with E-state index < -0.39 is 49.0 Å². The van der Waals surface area contributed by atoms with E-state index in [0.717, 1.165) is 25.7 Å². The molecule has 0 bridgehead atoms. The molecule has 1 aromatic rings. The van der Waals surface area contributed by atoms with Crippen molar-refractivity contribution in [1.29, 1.82) is 0 Å². The van der Waals surface area contributed by atoms with Gasteiger partial charge >= 0.3 is 17.9 Å². The van der Waals surface area contributed by atoms with Crippen LogP contribution in [0.4, 0.5) is 0 Å². The van der Waals surface area contributed by atoms with Crippen molar-refractivity contribution in [2.45, 2.75) is 97.0 Å². The van der Waals surface area contributed by atoms with E-state index in [9.17, 15) is 19.2 Å². The average molecular weight is 579 g/mol. The molecule has 3 rings (SSSR count). The van der Waals surface area contributed by atoms with Gasteiger partial charge in [-0.1, -0.05) is 26.7 Å².